The number of benzene rings is 3. The molecular weight excluding hydrogens is 549 g/mol. The average molecular weight is 571 g/mol. The van der Waals surface area contributed by atoms with Crippen molar-refractivity contribution < 1.29 is 17.9 Å². The number of halogens is 3. The van der Waals surface area contributed by atoms with Crippen LogP contribution in [-0.4, -0.2) is 26.3 Å². The van der Waals surface area contributed by atoms with Crippen molar-refractivity contribution in [1.82, 2.24) is 19.2 Å². The number of alkyl halides is 3. The first-order chi connectivity index (χ1) is 19.8. The minimum atomic E-state index is -4.48. The summed E-state index contributed by atoms with van der Waals surface area (Å²) in [6.45, 7) is 0. The lowest BCUT2D eigenvalue weighted by Gasteiger charge is -2.09. The summed E-state index contributed by atoms with van der Waals surface area (Å²) < 4.78 is 48.2. The van der Waals surface area contributed by atoms with Crippen LogP contribution in [0.4, 0.5) is 13.2 Å². The van der Waals surface area contributed by atoms with Gasteiger partial charge in [-0.05, 0) is 54.1 Å². The summed E-state index contributed by atoms with van der Waals surface area (Å²) in [5.41, 5.74) is 2.81. The highest BCUT2D eigenvalue weighted by atomic mass is 32.1. The van der Waals surface area contributed by atoms with Crippen LogP contribution in [0.25, 0.3) is 45.2 Å². The summed E-state index contributed by atoms with van der Waals surface area (Å²) in [6.07, 6.45) is 2.49. The molecule has 0 bridgehead atoms. The van der Waals surface area contributed by atoms with E-state index >= 15 is 0 Å². The molecule has 3 aromatic carbocycles. The van der Waals surface area contributed by atoms with E-state index in [0.29, 0.717) is 27.7 Å². The van der Waals surface area contributed by atoms with E-state index in [1.165, 1.54) is 27.9 Å². The van der Waals surface area contributed by atoms with Crippen LogP contribution in [-0.2, 0) is 6.18 Å². The normalized spacial score (nSPS) is 11.9. The fraction of sp³-hybridized carbons (Fsp3) is 0.0645. The lowest BCUT2D eigenvalue weighted by molar-refractivity contribution is -0.137. The molecule has 204 valence electrons. The maximum Gasteiger partial charge on any atom is 0.416 e. The summed E-state index contributed by atoms with van der Waals surface area (Å²) in [7, 11) is 1.59. The van der Waals surface area contributed by atoms with Gasteiger partial charge >= 0.3 is 6.18 Å². The van der Waals surface area contributed by atoms with E-state index in [0.717, 1.165) is 28.9 Å². The van der Waals surface area contributed by atoms with Gasteiger partial charge < -0.3 is 4.74 Å². The number of aromatic nitrogens is 4. The summed E-state index contributed by atoms with van der Waals surface area (Å²) in [6, 6.07) is 21.7. The smallest absolute Gasteiger partial charge is 0.416 e. The summed E-state index contributed by atoms with van der Waals surface area (Å²) in [5, 5.41) is 6.56. The average Bonchev–Trinajstić information content (AvgIpc) is 3.64. The van der Waals surface area contributed by atoms with Crippen LogP contribution in [0, 0.1) is 0 Å². The Morgan fingerprint density at radius 2 is 1.71 bits per heavy atom. The van der Waals surface area contributed by atoms with Gasteiger partial charge in [-0.3, -0.25) is 9.20 Å². The number of ether oxygens (including phenoxy) is 1. The maximum absolute atomic E-state index is 13.5. The third-order valence-corrected chi connectivity index (χ3v) is 7.28. The highest BCUT2D eigenvalue weighted by Gasteiger charge is 2.30. The minimum Gasteiger partial charge on any atom is -0.497 e. The molecule has 0 fully saturated rings. The molecule has 0 saturated carbocycles. The zero-order chi connectivity index (χ0) is 28.6. The minimum absolute atomic E-state index is 0.198. The van der Waals surface area contributed by atoms with Gasteiger partial charge in [-0.25, -0.2) is 9.67 Å². The second kappa shape index (κ2) is 10.5. The molecule has 0 saturated heterocycles. The van der Waals surface area contributed by atoms with Crippen LogP contribution in [0.5, 0.6) is 5.75 Å². The predicted molar refractivity (Wildman–Crippen MR) is 154 cm³/mol. The number of thiazole rings is 1. The first-order valence-corrected chi connectivity index (χ1v) is 13.3. The lowest BCUT2D eigenvalue weighted by Crippen LogP contribution is -2.17. The van der Waals surface area contributed by atoms with Crippen molar-refractivity contribution in [2.75, 3.05) is 7.11 Å². The molecule has 3 heterocycles. The fourth-order valence-electron chi connectivity index (χ4n) is 4.50. The predicted octanol–water partition coefficient (Wildman–Crippen LogP) is 7.47. The van der Waals surface area contributed by atoms with E-state index in [1.807, 2.05) is 60.8 Å². The number of methoxy groups -OCH3 is 1. The van der Waals surface area contributed by atoms with Gasteiger partial charge in [-0.1, -0.05) is 42.5 Å². The van der Waals surface area contributed by atoms with E-state index in [1.54, 1.807) is 35.5 Å². The standard InChI is InChI=1S/C31H21F3N4O2S/c1-40-25-9-5-6-21(18-25)28-22(19-38(36-28)24-7-3-2-4-8-24)12-15-26-27(29(39)37-16-17-41-30(37)35-26)20-10-13-23(14-11-20)31(32,33)34/h2-19H,1H3/b15-12+. The van der Waals surface area contributed by atoms with E-state index in [9.17, 15) is 18.0 Å². The molecule has 3 aromatic heterocycles. The molecule has 0 N–H and O–H groups in total. The topological polar surface area (TPSA) is 61.4 Å². The quantitative estimate of drug-likeness (QED) is 0.208. The zero-order valence-corrected chi connectivity index (χ0v) is 22.4. The molecule has 10 heteroatoms. The van der Waals surface area contributed by atoms with E-state index < -0.39 is 11.7 Å². The third-order valence-electron chi connectivity index (χ3n) is 6.52. The second-order valence-electron chi connectivity index (χ2n) is 9.09. The van der Waals surface area contributed by atoms with Crippen molar-refractivity contribution in [2.45, 2.75) is 6.18 Å². The molecule has 41 heavy (non-hydrogen) atoms. The van der Waals surface area contributed by atoms with Crippen LogP contribution in [0.15, 0.2) is 101 Å². The van der Waals surface area contributed by atoms with E-state index in [-0.39, 0.29) is 11.1 Å². The van der Waals surface area contributed by atoms with Gasteiger partial charge in [0, 0.05) is 28.9 Å². The Labute approximate surface area is 236 Å². The molecule has 0 radical (unpaired) electrons. The van der Waals surface area contributed by atoms with Crippen molar-refractivity contribution >= 4 is 28.4 Å². The molecule has 0 spiro atoms. The summed E-state index contributed by atoms with van der Waals surface area (Å²) in [5.74, 6) is 0.675. The Balaban J connectivity index is 1.50. The van der Waals surface area contributed by atoms with Crippen molar-refractivity contribution in [2.24, 2.45) is 0 Å². The van der Waals surface area contributed by atoms with E-state index in [4.69, 9.17) is 9.84 Å². The number of nitrogens with zero attached hydrogens (tertiary/aromatic N) is 4. The molecule has 6 nitrogen and oxygen atoms in total. The molecule has 6 aromatic rings. The number of para-hydroxylation sites is 1. The molecule has 6 rings (SSSR count). The molecule has 0 amide bonds. The number of fused-ring (bicyclic) bond motifs is 1. The van der Waals surface area contributed by atoms with E-state index in [2.05, 4.69) is 4.98 Å². The number of hydrogen-bond acceptors (Lipinski definition) is 5. The molecule has 0 unspecified atom stereocenters. The van der Waals surface area contributed by atoms with Crippen LogP contribution in [0.1, 0.15) is 16.8 Å². The monoisotopic (exact) mass is 570 g/mol. The van der Waals surface area contributed by atoms with Crippen LogP contribution in [0.3, 0.4) is 0 Å². The van der Waals surface area contributed by atoms with Crippen LogP contribution in [0.2, 0.25) is 0 Å². The first-order valence-electron chi connectivity index (χ1n) is 12.5. The molecular formula is C31H21F3N4O2S. The Hall–Kier alpha value is -4.96. The van der Waals surface area contributed by atoms with Gasteiger partial charge in [0.25, 0.3) is 5.56 Å². The summed E-state index contributed by atoms with van der Waals surface area (Å²) in [4.78, 5) is 18.6. The van der Waals surface area contributed by atoms with Crippen molar-refractivity contribution in [3.05, 3.63) is 124 Å². The second-order valence-corrected chi connectivity index (χ2v) is 9.96. The van der Waals surface area contributed by atoms with Crippen molar-refractivity contribution in [3.63, 3.8) is 0 Å². The Bertz CT molecular complexity index is 1940. The van der Waals surface area contributed by atoms with Gasteiger partial charge in [0.2, 0.25) is 0 Å². The van der Waals surface area contributed by atoms with Gasteiger partial charge in [0.1, 0.15) is 11.4 Å². The molecule has 0 atom stereocenters. The third kappa shape index (κ3) is 5.17. The first kappa shape index (κ1) is 26.3. The number of hydrogen-bond donors (Lipinski definition) is 0. The number of rotatable bonds is 6. The fourth-order valence-corrected chi connectivity index (χ4v) is 5.21. The SMILES string of the molecule is COc1cccc(-c2nn(-c3ccccc3)cc2/C=C/c2nc3sccn3c(=O)c2-c2ccc(C(F)(F)F)cc2)c1. The van der Waals surface area contributed by atoms with Gasteiger partial charge in [0.15, 0.2) is 4.96 Å². The Kier molecular flexibility index (Phi) is 6.76. The largest absolute Gasteiger partial charge is 0.497 e. The molecule has 0 aliphatic rings. The van der Waals surface area contributed by atoms with Crippen molar-refractivity contribution in [3.8, 4) is 33.8 Å². The van der Waals surface area contributed by atoms with Gasteiger partial charge in [-0.2, -0.15) is 18.3 Å². The Morgan fingerprint density at radius 1 is 0.927 bits per heavy atom. The molecule has 0 aliphatic heterocycles. The maximum atomic E-state index is 13.5. The highest BCUT2D eigenvalue weighted by Crippen LogP contribution is 2.32. The van der Waals surface area contributed by atoms with Gasteiger partial charge in [0.05, 0.1) is 29.6 Å². The lowest BCUT2D eigenvalue weighted by atomic mass is 10.0. The zero-order valence-electron chi connectivity index (χ0n) is 21.5. The highest BCUT2D eigenvalue weighted by molar-refractivity contribution is 7.15. The molecule has 0 aliphatic carbocycles. The Morgan fingerprint density at radius 3 is 2.44 bits per heavy atom. The van der Waals surface area contributed by atoms with Crippen LogP contribution < -0.4 is 10.3 Å². The van der Waals surface area contributed by atoms with Crippen molar-refractivity contribution in [1.29, 1.82) is 0 Å². The summed E-state index contributed by atoms with van der Waals surface area (Å²) >= 11 is 1.29. The van der Waals surface area contributed by atoms with Crippen LogP contribution >= 0.6 is 11.3 Å². The van der Waals surface area contributed by atoms with Gasteiger partial charge in [-0.15, -0.1) is 11.3 Å².